The number of benzene rings is 3. The van der Waals surface area contributed by atoms with Gasteiger partial charge in [-0.15, -0.1) is 0 Å². The van der Waals surface area contributed by atoms with Gasteiger partial charge in [0.2, 0.25) is 5.91 Å². The predicted molar refractivity (Wildman–Crippen MR) is 138 cm³/mol. The maximum absolute atomic E-state index is 13.5. The molecule has 1 heterocycles. The summed E-state index contributed by atoms with van der Waals surface area (Å²) in [5.74, 6) is -0.731. The van der Waals surface area contributed by atoms with E-state index in [1.807, 2.05) is 54.6 Å². The van der Waals surface area contributed by atoms with Gasteiger partial charge in [0.05, 0.1) is 5.25 Å². The van der Waals surface area contributed by atoms with Crippen molar-refractivity contribution in [3.63, 3.8) is 0 Å². The summed E-state index contributed by atoms with van der Waals surface area (Å²) in [6.07, 6.45) is 1.32. The van der Waals surface area contributed by atoms with Crippen LogP contribution in [0.4, 0.5) is 11.4 Å². The molecule has 0 bridgehead atoms. The maximum atomic E-state index is 13.5. The molecular formula is C27H22ClN3O2S. The number of aryl methyl sites for hydroxylation is 1. The Morgan fingerprint density at radius 1 is 1.06 bits per heavy atom. The Balaban J connectivity index is 1.69. The van der Waals surface area contributed by atoms with Gasteiger partial charge in [-0.1, -0.05) is 72.8 Å². The van der Waals surface area contributed by atoms with E-state index in [4.69, 9.17) is 11.6 Å². The van der Waals surface area contributed by atoms with E-state index in [0.29, 0.717) is 27.8 Å². The van der Waals surface area contributed by atoms with Crippen LogP contribution in [-0.4, -0.2) is 17.1 Å². The number of hydrogen-bond donors (Lipinski definition) is 1. The van der Waals surface area contributed by atoms with Crippen molar-refractivity contribution in [2.24, 2.45) is 0 Å². The highest BCUT2D eigenvalue weighted by Crippen LogP contribution is 2.42. The lowest BCUT2D eigenvalue weighted by Crippen LogP contribution is -2.30. The molecular weight excluding hydrogens is 466 g/mol. The summed E-state index contributed by atoms with van der Waals surface area (Å²) < 4.78 is 0. The number of carbonyl (C=O) groups is 2. The molecule has 4 rings (SSSR count). The standard InChI is InChI=1S/C27H22ClN3O2S/c1-2-18-11-13-21(14-12-18)30-25(32)23(17-29)27-31(22-9-4-3-5-10-22)26(33)24(34-27)16-19-7-6-8-20(28)15-19/h3-15,24H,2,16H2,1H3,(H,30,32)/b27-23+. The average Bonchev–Trinajstić information content (AvgIpc) is 3.16. The predicted octanol–water partition coefficient (Wildman–Crippen LogP) is 5.97. The van der Waals surface area contributed by atoms with Crippen molar-refractivity contribution >= 4 is 46.6 Å². The highest BCUT2D eigenvalue weighted by Gasteiger charge is 2.40. The number of para-hydroxylation sites is 1. The number of anilines is 2. The molecule has 1 aliphatic heterocycles. The molecule has 2 amide bonds. The first-order chi connectivity index (χ1) is 16.5. The average molecular weight is 488 g/mol. The van der Waals surface area contributed by atoms with Crippen molar-refractivity contribution < 1.29 is 9.59 Å². The number of rotatable bonds is 6. The Kier molecular flexibility index (Phi) is 7.36. The topological polar surface area (TPSA) is 73.2 Å². The number of nitrogens with one attached hydrogen (secondary N) is 1. The van der Waals surface area contributed by atoms with Crippen LogP contribution < -0.4 is 10.2 Å². The van der Waals surface area contributed by atoms with Gasteiger partial charge in [-0.25, -0.2) is 0 Å². The van der Waals surface area contributed by atoms with Crippen LogP contribution in [0, 0.1) is 11.3 Å². The third kappa shape index (κ3) is 5.17. The normalized spacial score (nSPS) is 16.8. The van der Waals surface area contributed by atoms with Gasteiger partial charge >= 0.3 is 0 Å². The largest absolute Gasteiger partial charge is 0.321 e. The number of nitriles is 1. The maximum Gasteiger partial charge on any atom is 0.269 e. The molecule has 1 N–H and O–H groups in total. The molecule has 3 aromatic rings. The fourth-order valence-corrected chi connectivity index (χ4v) is 5.22. The number of halogens is 1. The van der Waals surface area contributed by atoms with Crippen molar-refractivity contribution in [1.29, 1.82) is 5.26 Å². The summed E-state index contributed by atoms with van der Waals surface area (Å²) in [7, 11) is 0. The fraction of sp³-hybridized carbons (Fsp3) is 0.148. The lowest BCUT2D eigenvalue weighted by atomic mass is 10.1. The molecule has 5 nitrogen and oxygen atoms in total. The molecule has 1 fully saturated rings. The lowest BCUT2D eigenvalue weighted by molar-refractivity contribution is -0.117. The van der Waals surface area contributed by atoms with Crippen LogP contribution in [0.1, 0.15) is 18.1 Å². The van der Waals surface area contributed by atoms with Gasteiger partial charge in [-0.05, 0) is 60.4 Å². The minimum Gasteiger partial charge on any atom is -0.321 e. The van der Waals surface area contributed by atoms with E-state index < -0.39 is 11.2 Å². The summed E-state index contributed by atoms with van der Waals surface area (Å²) >= 11 is 7.35. The molecule has 34 heavy (non-hydrogen) atoms. The number of hydrogen-bond acceptors (Lipinski definition) is 4. The van der Waals surface area contributed by atoms with Gasteiger partial charge in [0, 0.05) is 16.4 Å². The first-order valence-electron chi connectivity index (χ1n) is 10.8. The molecule has 1 saturated heterocycles. The molecule has 3 aromatic carbocycles. The van der Waals surface area contributed by atoms with Gasteiger partial charge in [-0.2, -0.15) is 5.26 Å². The van der Waals surface area contributed by atoms with Crippen LogP contribution in [0.2, 0.25) is 5.02 Å². The Bertz CT molecular complexity index is 1280. The molecule has 7 heteroatoms. The third-order valence-electron chi connectivity index (χ3n) is 5.45. The Morgan fingerprint density at radius 2 is 1.79 bits per heavy atom. The molecule has 0 saturated carbocycles. The smallest absolute Gasteiger partial charge is 0.269 e. The zero-order valence-corrected chi connectivity index (χ0v) is 20.1. The minimum absolute atomic E-state index is 0.102. The molecule has 1 unspecified atom stereocenters. The van der Waals surface area contributed by atoms with Crippen molar-refractivity contribution in [1.82, 2.24) is 0 Å². The van der Waals surface area contributed by atoms with Crippen molar-refractivity contribution in [3.8, 4) is 6.07 Å². The molecule has 170 valence electrons. The summed E-state index contributed by atoms with van der Waals surface area (Å²) in [5.41, 5.74) is 3.15. The number of nitrogens with zero attached hydrogens (tertiary/aromatic N) is 2. The lowest BCUT2D eigenvalue weighted by Gasteiger charge is -2.18. The first-order valence-corrected chi connectivity index (χ1v) is 12.1. The van der Waals surface area contributed by atoms with E-state index in [1.54, 1.807) is 30.3 Å². The highest BCUT2D eigenvalue weighted by molar-refractivity contribution is 8.05. The van der Waals surface area contributed by atoms with E-state index in [-0.39, 0.29) is 11.5 Å². The van der Waals surface area contributed by atoms with Crippen LogP contribution in [0.15, 0.2) is 89.5 Å². The Labute approximate surface area is 208 Å². The molecule has 1 atom stereocenters. The summed E-state index contributed by atoms with van der Waals surface area (Å²) in [4.78, 5) is 28.1. The zero-order valence-electron chi connectivity index (χ0n) is 18.5. The van der Waals surface area contributed by atoms with Gasteiger partial charge < -0.3 is 5.32 Å². The number of carbonyl (C=O) groups excluding carboxylic acids is 2. The second kappa shape index (κ2) is 10.6. The van der Waals surface area contributed by atoms with E-state index in [2.05, 4.69) is 12.2 Å². The number of thioether (sulfide) groups is 1. The van der Waals surface area contributed by atoms with E-state index in [0.717, 1.165) is 17.5 Å². The minimum atomic E-state index is -0.550. The van der Waals surface area contributed by atoms with E-state index in [9.17, 15) is 14.9 Å². The molecule has 1 aliphatic rings. The van der Waals surface area contributed by atoms with Crippen molar-refractivity contribution in [3.05, 3.63) is 106 Å². The third-order valence-corrected chi connectivity index (χ3v) is 6.95. The van der Waals surface area contributed by atoms with Crippen LogP contribution in [0.3, 0.4) is 0 Å². The molecule has 0 aliphatic carbocycles. The van der Waals surface area contributed by atoms with E-state index in [1.165, 1.54) is 16.7 Å². The van der Waals surface area contributed by atoms with Crippen LogP contribution in [-0.2, 0) is 22.4 Å². The summed E-state index contributed by atoms with van der Waals surface area (Å²) in [6, 6.07) is 25.9. The Morgan fingerprint density at radius 3 is 2.44 bits per heavy atom. The van der Waals surface area contributed by atoms with Crippen LogP contribution in [0.5, 0.6) is 0 Å². The van der Waals surface area contributed by atoms with Gasteiger partial charge in [0.15, 0.2) is 0 Å². The zero-order chi connectivity index (χ0) is 24.1. The SMILES string of the molecule is CCc1ccc(NC(=O)/C(C#N)=C2/SC(Cc3cccc(Cl)c3)C(=O)N2c2ccccc2)cc1. The molecule has 0 spiro atoms. The second-order valence-electron chi connectivity index (χ2n) is 7.75. The van der Waals surface area contributed by atoms with Gasteiger partial charge in [0.1, 0.15) is 16.7 Å². The van der Waals surface area contributed by atoms with E-state index >= 15 is 0 Å². The quantitative estimate of drug-likeness (QED) is 0.343. The fourth-order valence-electron chi connectivity index (χ4n) is 3.69. The summed E-state index contributed by atoms with van der Waals surface area (Å²) in [5, 5.41) is 13.2. The van der Waals surface area contributed by atoms with Crippen molar-refractivity contribution in [2.75, 3.05) is 10.2 Å². The van der Waals surface area contributed by atoms with Gasteiger partial charge in [0.25, 0.3) is 5.91 Å². The highest BCUT2D eigenvalue weighted by atomic mass is 35.5. The molecule has 0 aromatic heterocycles. The molecule has 0 radical (unpaired) electrons. The van der Waals surface area contributed by atoms with Crippen molar-refractivity contribution in [2.45, 2.75) is 25.0 Å². The Hall–Kier alpha value is -3.53. The monoisotopic (exact) mass is 487 g/mol. The summed E-state index contributed by atoms with van der Waals surface area (Å²) in [6.45, 7) is 2.05. The first kappa shape index (κ1) is 23.6. The van der Waals surface area contributed by atoms with Crippen LogP contribution >= 0.6 is 23.4 Å². The number of amides is 2. The van der Waals surface area contributed by atoms with Gasteiger partial charge in [-0.3, -0.25) is 14.5 Å². The van der Waals surface area contributed by atoms with Crippen LogP contribution in [0.25, 0.3) is 0 Å². The second-order valence-corrected chi connectivity index (χ2v) is 9.37.